The Balaban J connectivity index is 3.34. The summed E-state index contributed by atoms with van der Waals surface area (Å²) in [6.07, 6.45) is 0.328. The van der Waals surface area contributed by atoms with Gasteiger partial charge < -0.3 is 6.63 Å². The number of hydrogen-bond acceptors (Lipinski definition) is 2. The highest BCUT2D eigenvalue weighted by molar-refractivity contribution is 6.60. The first kappa shape index (κ1) is 11.0. The van der Waals surface area contributed by atoms with Crippen LogP contribution in [0.15, 0.2) is 0 Å². The summed E-state index contributed by atoms with van der Waals surface area (Å²) in [5.74, 6) is 6.44. The summed E-state index contributed by atoms with van der Waals surface area (Å²) in [5.41, 5.74) is 0. The van der Waals surface area contributed by atoms with E-state index in [1.165, 1.54) is 0 Å². The topological polar surface area (TPSA) is 18.5 Å². The Hall–Kier alpha value is 0.985. The van der Waals surface area contributed by atoms with E-state index in [2.05, 4.69) is 31.2 Å². The zero-order valence-corrected chi connectivity index (χ0v) is 9.86. The van der Waals surface area contributed by atoms with Crippen molar-refractivity contribution in [2.75, 3.05) is 0 Å². The van der Waals surface area contributed by atoms with Crippen LogP contribution >= 0.6 is 0 Å². The molecule has 0 rings (SSSR count). The van der Waals surface area contributed by atoms with Crippen LogP contribution in [0.1, 0.15) is 13.8 Å². The molecule has 0 aliphatic carbocycles. The predicted molar refractivity (Wildman–Crippen MR) is 46.4 cm³/mol. The molecular formula is C6H16Al2O2. The van der Waals surface area contributed by atoms with E-state index in [0.29, 0.717) is 6.10 Å². The van der Waals surface area contributed by atoms with Gasteiger partial charge in [0.25, 0.3) is 0 Å². The molecule has 0 aromatic rings. The van der Waals surface area contributed by atoms with E-state index in [0.717, 1.165) is 0 Å². The van der Waals surface area contributed by atoms with Gasteiger partial charge in [0, 0.05) is 6.10 Å². The second-order valence-corrected chi connectivity index (χ2v) is 7.53. The van der Waals surface area contributed by atoms with E-state index in [4.69, 9.17) is 6.63 Å². The molecule has 0 unspecified atom stereocenters. The minimum absolute atomic E-state index is 0.328. The van der Waals surface area contributed by atoms with Gasteiger partial charge in [0.15, 0.2) is 0 Å². The molecule has 2 nitrogen and oxygen atoms in total. The zero-order valence-electron chi connectivity index (χ0n) is 7.55. The van der Waals surface area contributed by atoms with Gasteiger partial charge in [-0.2, -0.15) is 0 Å². The highest BCUT2D eigenvalue weighted by Gasteiger charge is 2.20. The van der Waals surface area contributed by atoms with E-state index in [1.54, 1.807) is 0 Å². The van der Waals surface area contributed by atoms with Crippen molar-refractivity contribution in [2.24, 2.45) is 0 Å². The Kier molecular flexibility index (Phi) is 6.16. The Morgan fingerprint density at radius 1 is 1.10 bits per heavy atom. The standard InChI is InChI=1S/C3H7O.3CH3.2Al.O/c1-3(2)4;;;;;;/h3H,1-2H3;3*1H3;;;/q-1;;;;;+1;. The average molecular weight is 174 g/mol. The van der Waals surface area contributed by atoms with Gasteiger partial charge in [-0.3, -0.25) is 0 Å². The molecular weight excluding hydrogens is 158 g/mol. The van der Waals surface area contributed by atoms with Gasteiger partial charge in [-0.1, -0.05) is 17.4 Å². The molecule has 0 aliphatic heterocycles. The highest BCUT2D eigenvalue weighted by Crippen LogP contribution is 1.96. The van der Waals surface area contributed by atoms with Crippen LogP contribution in [0, 0.1) is 0 Å². The van der Waals surface area contributed by atoms with E-state index in [1.807, 2.05) is 0 Å². The molecule has 0 spiro atoms. The van der Waals surface area contributed by atoms with Crippen molar-refractivity contribution in [1.82, 2.24) is 0 Å². The maximum atomic E-state index is 5.62. The first-order valence-corrected chi connectivity index (χ1v) is 8.71. The van der Waals surface area contributed by atoms with Crippen LogP contribution in [0.5, 0.6) is 0 Å². The van der Waals surface area contributed by atoms with Crippen LogP contribution < -0.4 is 0 Å². The lowest BCUT2D eigenvalue weighted by atomic mass is 10.5. The normalized spacial score (nSPS) is 10.2. The molecule has 0 aliphatic rings. The summed E-state index contributed by atoms with van der Waals surface area (Å²) in [6, 6.07) is 0. The molecule has 10 heavy (non-hydrogen) atoms. The largest absolute Gasteiger partial charge is 0.640 e. The van der Waals surface area contributed by atoms with Crippen molar-refractivity contribution in [1.29, 1.82) is 0 Å². The van der Waals surface area contributed by atoms with Gasteiger partial charge in [-0.25, -0.2) is 0 Å². The Morgan fingerprint density at radius 2 is 1.60 bits per heavy atom. The number of rotatable bonds is 4. The summed E-state index contributed by atoms with van der Waals surface area (Å²) in [4.78, 5) is 0. The van der Waals surface area contributed by atoms with Gasteiger partial charge in [0.05, 0.1) is 0 Å². The van der Waals surface area contributed by atoms with Crippen molar-refractivity contribution in [3.8, 4) is 0 Å². The van der Waals surface area contributed by atoms with E-state index in [9.17, 15) is 0 Å². The number of hydrogen-bond donors (Lipinski definition) is 0. The minimum Gasteiger partial charge on any atom is -0.614 e. The molecule has 58 valence electrons. The van der Waals surface area contributed by atoms with Gasteiger partial charge >= 0.3 is 29.3 Å². The third-order valence-electron chi connectivity index (χ3n) is 0.928. The van der Waals surface area contributed by atoms with E-state index >= 15 is 0 Å². The Bertz CT molecular complexity index is 75.8. The minimum atomic E-state index is -1.26. The lowest BCUT2D eigenvalue weighted by molar-refractivity contribution is 0.208. The Labute approximate surface area is 73.3 Å². The summed E-state index contributed by atoms with van der Waals surface area (Å²) < 4.78 is 11.1. The maximum absolute atomic E-state index is 5.62. The molecule has 0 N–H and O–H groups in total. The van der Waals surface area contributed by atoms with E-state index < -0.39 is 29.3 Å². The average Bonchev–Trinajstić information content (AvgIpc) is 1.58. The Morgan fingerprint density at radius 3 is 1.90 bits per heavy atom. The van der Waals surface area contributed by atoms with Crippen LogP contribution in [0.3, 0.4) is 0 Å². The monoisotopic (exact) mass is 174 g/mol. The molecule has 0 saturated carbocycles. The first-order valence-electron chi connectivity index (χ1n) is 3.83. The predicted octanol–water partition coefficient (Wildman–Crippen LogP) is 1.80. The summed E-state index contributed by atoms with van der Waals surface area (Å²) in [6.45, 7) is 4.10. The molecule has 0 bridgehead atoms. The van der Waals surface area contributed by atoms with Crippen LogP contribution in [-0.4, -0.2) is 35.4 Å². The van der Waals surface area contributed by atoms with Crippen LogP contribution in [0.4, 0.5) is 0 Å². The quantitative estimate of drug-likeness (QED) is 0.605. The molecule has 4 heteroatoms. The highest BCUT2D eigenvalue weighted by atomic mass is 27.3. The second-order valence-electron chi connectivity index (χ2n) is 2.94. The lowest BCUT2D eigenvalue weighted by Crippen LogP contribution is -2.27. The van der Waals surface area contributed by atoms with Crippen molar-refractivity contribution in [2.45, 2.75) is 37.3 Å². The van der Waals surface area contributed by atoms with Crippen LogP contribution in [-0.2, 0) is 6.63 Å². The molecule has 0 radical (unpaired) electrons. The van der Waals surface area contributed by atoms with Crippen molar-refractivity contribution in [3.63, 3.8) is 0 Å². The van der Waals surface area contributed by atoms with Crippen LogP contribution in [0.25, 0.3) is 0 Å². The van der Waals surface area contributed by atoms with Crippen molar-refractivity contribution >= 4 is 29.3 Å². The molecule has 0 fully saturated rings. The fraction of sp³-hybridized carbons (Fsp3) is 1.00. The fourth-order valence-electron chi connectivity index (χ4n) is 0.799. The molecule has 0 aromatic carbocycles. The molecule has 0 saturated heterocycles. The van der Waals surface area contributed by atoms with Crippen molar-refractivity contribution < 1.29 is 6.63 Å². The zero-order chi connectivity index (χ0) is 8.15. The summed E-state index contributed by atoms with van der Waals surface area (Å²) in [7, 11) is 0. The van der Waals surface area contributed by atoms with Gasteiger partial charge in [-0.05, 0) is 13.8 Å². The molecule has 0 atom stereocenters. The van der Waals surface area contributed by atoms with Gasteiger partial charge in [0.2, 0.25) is 0 Å². The summed E-state index contributed by atoms with van der Waals surface area (Å²) in [5, 5.41) is 0. The van der Waals surface area contributed by atoms with Gasteiger partial charge in [0.1, 0.15) is 0 Å². The van der Waals surface area contributed by atoms with E-state index in [-0.39, 0.29) is 0 Å². The summed E-state index contributed by atoms with van der Waals surface area (Å²) >= 11 is -2.11. The molecule has 0 aromatic heterocycles. The maximum Gasteiger partial charge on any atom is 0.640 e. The van der Waals surface area contributed by atoms with Crippen LogP contribution in [0.2, 0.25) is 17.4 Å². The SMILES string of the molecule is CC(C)[O][Al]([CH3])[O][Al]([CH3])[CH3]. The van der Waals surface area contributed by atoms with Crippen molar-refractivity contribution in [3.05, 3.63) is 0 Å². The third kappa shape index (κ3) is 7.10. The molecule has 0 amide bonds. The third-order valence-corrected chi connectivity index (χ3v) is 5.57. The fourth-order valence-corrected chi connectivity index (χ4v) is 4.89. The molecule has 0 heterocycles. The lowest BCUT2D eigenvalue weighted by Gasteiger charge is -2.14. The smallest absolute Gasteiger partial charge is 0.614 e. The first-order chi connectivity index (χ1) is 4.52. The second kappa shape index (κ2) is 5.61. The van der Waals surface area contributed by atoms with Gasteiger partial charge in [-0.15, -0.1) is 0 Å².